The maximum atomic E-state index is 6.41. The summed E-state index contributed by atoms with van der Waals surface area (Å²) in [6, 6.07) is 10.1. The van der Waals surface area contributed by atoms with E-state index in [1.54, 1.807) is 16.8 Å². The molecule has 4 rings (SSSR count). The number of aromatic nitrogens is 3. The van der Waals surface area contributed by atoms with E-state index in [1.165, 1.54) is 11.3 Å². The van der Waals surface area contributed by atoms with Gasteiger partial charge in [0.1, 0.15) is 15.7 Å². The second kappa shape index (κ2) is 5.18. The molecule has 0 saturated carbocycles. The van der Waals surface area contributed by atoms with Gasteiger partial charge in [-0.3, -0.25) is 0 Å². The highest BCUT2D eigenvalue weighted by Gasteiger charge is 2.15. The van der Waals surface area contributed by atoms with Crippen LogP contribution < -0.4 is 0 Å². The fourth-order valence-electron chi connectivity index (χ4n) is 2.17. The lowest BCUT2D eigenvalue weighted by atomic mass is 10.1. The molecule has 3 nitrogen and oxygen atoms in total. The van der Waals surface area contributed by atoms with Crippen LogP contribution in [0.15, 0.2) is 46.6 Å². The van der Waals surface area contributed by atoms with E-state index >= 15 is 0 Å². The van der Waals surface area contributed by atoms with E-state index in [0.717, 1.165) is 27.0 Å². The van der Waals surface area contributed by atoms with Gasteiger partial charge in [0.2, 0.25) is 0 Å². The van der Waals surface area contributed by atoms with Gasteiger partial charge < -0.3 is 0 Å². The SMILES string of the molecule is Clc1nc(-c2cscn2)nc2scc(-c3ccccc3)c12. The summed E-state index contributed by atoms with van der Waals surface area (Å²) < 4.78 is 0. The molecular weight excluding hydrogens is 322 g/mol. The highest BCUT2D eigenvalue weighted by molar-refractivity contribution is 7.17. The average Bonchev–Trinajstić information content (AvgIpc) is 3.17. The van der Waals surface area contributed by atoms with E-state index in [2.05, 4.69) is 32.5 Å². The van der Waals surface area contributed by atoms with Crippen LogP contribution in [-0.4, -0.2) is 15.0 Å². The van der Waals surface area contributed by atoms with Gasteiger partial charge in [-0.1, -0.05) is 41.9 Å². The number of benzene rings is 1. The summed E-state index contributed by atoms with van der Waals surface area (Å²) in [5, 5.41) is 5.38. The van der Waals surface area contributed by atoms with Crippen molar-refractivity contribution in [2.75, 3.05) is 0 Å². The molecule has 0 atom stereocenters. The molecule has 0 radical (unpaired) electrons. The normalized spacial score (nSPS) is 11.1. The van der Waals surface area contributed by atoms with Crippen molar-refractivity contribution in [1.82, 2.24) is 15.0 Å². The van der Waals surface area contributed by atoms with E-state index in [-0.39, 0.29) is 0 Å². The summed E-state index contributed by atoms with van der Waals surface area (Å²) in [6.07, 6.45) is 0. The Balaban J connectivity index is 1.94. The third kappa shape index (κ3) is 2.23. The predicted molar refractivity (Wildman–Crippen MR) is 89.0 cm³/mol. The number of halogens is 1. The van der Waals surface area contributed by atoms with Crippen molar-refractivity contribution < 1.29 is 0 Å². The molecule has 6 heteroatoms. The van der Waals surface area contributed by atoms with Crippen molar-refractivity contribution >= 4 is 44.5 Å². The molecule has 0 fully saturated rings. The van der Waals surface area contributed by atoms with E-state index in [9.17, 15) is 0 Å². The average molecular weight is 330 g/mol. The van der Waals surface area contributed by atoms with Gasteiger partial charge in [-0.25, -0.2) is 15.0 Å². The molecule has 21 heavy (non-hydrogen) atoms. The molecule has 3 heterocycles. The Morgan fingerprint density at radius 3 is 2.62 bits per heavy atom. The van der Waals surface area contributed by atoms with Crippen LogP contribution in [0.2, 0.25) is 5.15 Å². The Morgan fingerprint density at radius 1 is 1.00 bits per heavy atom. The molecule has 0 N–H and O–H groups in total. The van der Waals surface area contributed by atoms with Crippen LogP contribution >= 0.6 is 34.3 Å². The number of nitrogens with zero attached hydrogens (tertiary/aromatic N) is 3. The van der Waals surface area contributed by atoms with E-state index < -0.39 is 0 Å². The predicted octanol–water partition coefficient (Wildman–Crippen LogP) is 5.14. The second-order valence-corrected chi connectivity index (χ2v) is 6.34. The minimum absolute atomic E-state index is 0.475. The molecule has 0 aliphatic heterocycles. The van der Waals surface area contributed by atoms with Gasteiger partial charge >= 0.3 is 0 Å². The number of rotatable bonds is 2. The van der Waals surface area contributed by atoms with Crippen molar-refractivity contribution in [1.29, 1.82) is 0 Å². The third-order valence-corrected chi connectivity index (χ3v) is 4.87. The molecule has 0 unspecified atom stereocenters. The van der Waals surface area contributed by atoms with Crippen LogP contribution in [0.3, 0.4) is 0 Å². The molecule has 0 spiro atoms. The zero-order valence-corrected chi connectivity index (χ0v) is 13.0. The van der Waals surface area contributed by atoms with E-state index in [1.807, 2.05) is 23.6 Å². The highest BCUT2D eigenvalue weighted by atomic mass is 35.5. The molecule has 1 aromatic carbocycles. The van der Waals surface area contributed by atoms with Crippen molar-refractivity contribution in [2.24, 2.45) is 0 Å². The van der Waals surface area contributed by atoms with Crippen LogP contribution in [0.1, 0.15) is 0 Å². The molecule has 0 amide bonds. The van der Waals surface area contributed by atoms with Gasteiger partial charge in [-0.2, -0.15) is 0 Å². The standard InChI is InChI=1S/C15H8ClN3S2/c16-13-12-10(9-4-2-1-3-5-9)6-21-15(12)19-14(18-13)11-7-20-8-17-11/h1-8H. The van der Waals surface area contributed by atoms with Gasteiger partial charge in [0.05, 0.1) is 10.9 Å². The highest BCUT2D eigenvalue weighted by Crippen LogP contribution is 2.37. The van der Waals surface area contributed by atoms with Crippen LogP contribution in [0.25, 0.3) is 32.9 Å². The molecule has 3 aromatic heterocycles. The fourth-order valence-corrected chi connectivity index (χ4v) is 3.97. The van der Waals surface area contributed by atoms with Gasteiger partial charge in [0.15, 0.2) is 5.82 Å². The smallest absolute Gasteiger partial charge is 0.181 e. The monoisotopic (exact) mass is 329 g/mol. The zero-order valence-electron chi connectivity index (χ0n) is 10.7. The summed E-state index contributed by atoms with van der Waals surface area (Å²) in [5.74, 6) is 0.579. The lowest BCUT2D eigenvalue weighted by molar-refractivity contribution is 1.20. The van der Waals surface area contributed by atoms with Crippen LogP contribution in [0, 0.1) is 0 Å². The minimum Gasteiger partial charge on any atom is -0.241 e. The Labute approximate surface area is 133 Å². The first-order chi connectivity index (χ1) is 10.3. The molecular formula is C15H8ClN3S2. The summed E-state index contributed by atoms with van der Waals surface area (Å²) in [5.41, 5.74) is 4.72. The molecule has 4 aromatic rings. The van der Waals surface area contributed by atoms with Crippen LogP contribution in [-0.2, 0) is 0 Å². The van der Waals surface area contributed by atoms with Gasteiger partial charge in [-0.05, 0) is 5.56 Å². The van der Waals surface area contributed by atoms with Crippen LogP contribution in [0.5, 0.6) is 0 Å². The first-order valence-electron chi connectivity index (χ1n) is 6.21. The number of thiophene rings is 1. The molecule has 0 aliphatic rings. The number of thiazole rings is 1. The van der Waals surface area contributed by atoms with Crippen LogP contribution in [0.4, 0.5) is 0 Å². The number of hydrogen-bond acceptors (Lipinski definition) is 5. The zero-order chi connectivity index (χ0) is 14.2. The second-order valence-electron chi connectivity index (χ2n) is 4.41. The maximum Gasteiger partial charge on any atom is 0.181 e. The maximum absolute atomic E-state index is 6.41. The summed E-state index contributed by atoms with van der Waals surface area (Å²) >= 11 is 9.50. The van der Waals surface area contributed by atoms with Gasteiger partial charge in [-0.15, -0.1) is 22.7 Å². The largest absolute Gasteiger partial charge is 0.241 e. The molecule has 0 saturated heterocycles. The third-order valence-electron chi connectivity index (χ3n) is 3.14. The molecule has 0 bridgehead atoms. The van der Waals surface area contributed by atoms with Gasteiger partial charge in [0.25, 0.3) is 0 Å². The summed E-state index contributed by atoms with van der Waals surface area (Å²) in [6.45, 7) is 0. The number of hydrogen-bond donors (Lipinski definition) is 0. The van der Waals surface area contributed by atoms with E-state index in [0.29, 0.717) is 11.0 Å². The van der Waals surface area contributed by atoms with Crippen molar-refractivity contribution in [3.05, 3.63) is 51.8 Å². The van der Waals surface area contributed by atoms with Crippen molar-refractivity contribution in [3.63, 3.8) is 0 Å². The first-order valence-corrected chi connectivity index (χ1v) is 8.41. The van der Waals surface area contributed by atoms with Gasteiger partial charge in [0, 0.05) is 16.3 Å². The Hall–Kier alpha value is -1.82. The van der Waals surface area contributed by atoms with Crippen molar-refractivity contribution in [2.45, 2.75) is 0 Å². The number of fused-ring (bicyclic) bond motifs is 1. The Bertz CT molecular complexity index is 901. The fraction of sp³-hybridized carbons (Fsp3) is 0. The Kier molecular flexibility index (Phi) is 3.18. The first kappa shape index (κ1) is 12.9. The molecule has 102 valence electrons. The van der Waals surface area contributed by atoms with E-state index in [4.69, 9.17) is 11.6 Å². The quantitative estimate of drug-likeness (QED) is 0.478. The lowest BCUT2D eigenvalue weighted by Crippen LogP contribution is -1.90. The minimum atomic E-state index is 0.475. The summed E-state index contributed by atoms with van der Waals surface area (Å²) in [4.78, 5) is 14.1. The topological polar surface area (TPSA) is 38.7 Å². The summed E-state index contributed by atoms with van der Waals surface area (Å²) in [7, 11) is 0. The molecule has 0 aliphatic carbocycles. The Morgan fingerprint density at radius 2 is 1.86 bits per heavy atom. The van der Waals surface area contributed by atoms with Crippen molar-refractivity contribution in [3.8, 4) is 22.6 Å². The lowest BCUT2D eigenvalue weighted by Gasteiger charge is -2.02.